The van der Waals surface area contributed by atoms with Crippen LogP contribution in [-0.2, 0) is 43.1 Å². The quantitative estimate of drug-likeness (QED) is 0.0548. The number of hydrogen-bond donors (Lipinski definition) is 0. The molecule has 62 heavy (non-hydrogen) atoms. The maximum atomic E-state index is 14.5. The third kappa shape index (κ3) is 14.1. The molecule has 0 spiro atoms. The fourth-order valence-corrected chi connectivity index (χ4v) is 14.3. The molecule has 0 aliphatic carbocycles. The molecule has 2 saturated heterocycles. The van der Waals surface area contributed by atoms with E-state index < -0.39 is 23.1 Å². The Morgan fingerprint density at radius 3 is 1.23 bits per heavy atom. The molecule has 2 heterocycles. The van der Waals surface area contributed by atoms with Crippen LogP contribution in [0.1, 0.15) is 60.8 Å². The van der Waals surface area contributed by atoms with Gasteiger partial charge in [0.15, 0.2) is 11.2 Å². The van der Waals surface area contributed by atoms with Gasteiger partial charge < -0.3 is 9.47 Å². The molecule has 0 N–H and O–H groups in total. The standard InChI is InChI=1S/C52H60N2O4S4/c1-53(37-31-43-23-9-3-10-24-43)35-19-7-17-33-51(45-27-13-5-14-28-45,49-59-39-21-40-60-49)57-47(55)48(56)58-52(46-29-15-6-16-30-46,50-61-41-22-42-62-50)34-18-8-20-36-54(2)38-32-44-25-11-4-12-26-44/h3-6,9-16,23-30,49-50H,17-18,21-22,31-42H2,1-2H3. The van der Waals surface area contributed by atoms with Gasteiger partial charge in [-0.25, -0.2) is 9.59 Å². The van der Waals surface area contributed by atoms with Crippen LogP contribution in [0.2, 0.25) is 0 Å². The van der Waals surface area contributed by atoms with Crippen LogP contribution in [0.25, 0.3) is 0 Å². The fraction of sp³-hybridized carbons (Fsp3) is 0.423. The second-order valence-corrected chi connectivity index (χ2v) is 21.2. The van der Waals surface area contributed by atoms with Crippen LogP contribution >= 0.6 is 47.0 Å². The van der Waals surface area contributed by atoms with Gasteiger partial charge in [-0.2, -0.15) is 0 Å². The van der Waals surface area contributed by atoms with Crippen molar-refractivity contribution in [1.29, 1.82) is 0 Å². The third-order valence-corrected chi connectivity index (χ3v) is 17.6. The van der Waals surface area contributed by atoms with E-state index in [0.29, 0.717) is 38.8 Å². The Bertz CT molecular complexity index is 1930. The van der Waals surface area contributed by atoms with Crippen LogP contribution in [0.3, 0.4) is 0 Å². The Labute approximate surface area is 387 Å². The highest BCUT2D eigenvalue weighted by atomic mass is 32.2. The third-order valence-electron chi connectivity index (χ3n) is 11.1. The van der Waals surface area contributed by atoms with E-state index in [2.05, 4.69) is 96.1 Å². The summed E-state index contributed by atoms with van der Waals surface area (Å²) in [7, 11) is 4.18. The lowest BCUT2D eigenvalue weighted by Gasteiger charge is -2.42. The zero-order valence-electron chi connectivity index (χ0n) is 36.2. The summed E-state index contributed by atoms with van der Waals surface area (Å²) in [6.07, 6.45) is 5.99. The Kier molecular flexibility index (Phi) is 19.7. The summed E-state index contributed by atoms with van der Waals surface area (Å²) in [5, 5.41) is 0. The molecule has 4 aromatic rings. The summed E-state index contributed by atoms with van der Waals surface area (Å²) in [6.45, 7) is 3.09. The molecule has 326 valence electrons. The Hall–Kier alpha value is -3.74. The van der Waals surface area contributed by atoms with Crippen LogP contribution < -0.4 is 0 Å². The Morgan fingerprint density at radius 2 is 0.871 bits per heavy atom. The number of thioether (sulfide) groups is 4. The summed E-state index contributed by atoms with van der Waals surface area (Å²) in [6, 6.07) is 40.9. The largest absolute Gasteiger partial charge is 0.444 e. The van der Waals surface area contributed by atoms with E-state index in [4.69, 9.17) is 9.47 Å². The number of ether oxygens (including phenoxy) is 2. The number of carbonyl (C=O) groups excluding carboxylic acids is 2. The second-order valence-electron chi connectivity index (χ2n) is 15.8. The lowest BCUT2D eigenvalue weighted by molar-refractivity contribution is -0.186. The van der Waals surface area contributed by atoms with Crippen molar-refractivity contribution in [2.24, 2.45) is 0 Å². The average molecular weight is 905 g/mol. The van der Waals surface area contributed by atoms with E-state index in [0.717, 1.165) is 72.9 Å². The topological polar surface area (TPSA) is 59.1 Å². The van der Waals surface area contributed by atoms with Gasteiger partial charge in [-0.15, -0.1) is 58.9 Å². The van der Waals surface area contributed by atoms with E-state index in [-0.39, 0.29) is 9.16 Å². The molecule has 2 atom stereocenters. The Morgan fingerprint density at radius 1 is 0.532 bits per heavy atom. The van der Waals surface area contributed by atoms with Crippen molar-refractivity contribution in [2.75, 3.05) is 63.3 Å². The first-order valence-corrected chi connectivity index (χ1v) is 26.0. The molecule has 0 aromatic heterocycles. The highest BCUT2D eigenvalue weighted by Gasteiger charge is 2.50. The minimum atomic E-state index is -1.09. The van der Waals surface area contributed by atoms with Crippen molar-refractivity contribution in [3.63, 3.8) is 0 Å². The average Bonchev–Trinajstić information content (AvgIpc) is 3.33. The van der Waals surface area contributed by atoms with E-state index in [1.807, 2.05) is 72.8 Å². The van der Waals surface area contributed by atoms with E-state index >= 15 is 0 Å². The normalized spacial score (nSPS) is 16.5. The Balaban J connectivity index is 1.20. The molecule has 4 aromatic carbocycles. The maximum Gasteiger partial charge on any atom is 0.418 e. The second kappa shape index (κ2) is 25.5. The number of likely N-dealkylation sites (N-methyl/N-ethyl adjacent to an activating group) is 2. The number of esters is 2. The number of hydrogen-bond acceptors (Lipinski definition) is 10. The number of benzene rings is 4. The first-order valence-electron chi connectivity index (χ1n) is 21.8. The van der Waals surface area contributed by atoms with Crippen LogP contribution in [0.15, 0.2) is 121 Å². The molecule has 10 heteroatoms. The highest BCUT2D eigenvalue weighted by Crippen LogP contribution is 2.50. The molecule has 2 unspecified atom stereocenters. The molecular weight excluding hydrogens is 845 g/mol. The monoisotopic (exact) mass is 904 g/mol. The zero-order valence-corrected chi connectivity index (χ0v) is 39.4. The minimum Gasteiger partial charge on any atom is -0.444 e. The van der Waals surface area contributed by atoms with Gasteiger partial charge in [0.05, 0.1) is 22.3 Å². The van der Waals surface area contributed by atoms with E-state index in [1.165, 1.54) is 11.1 Å². The fourth-order valence-electron chi connectivity index (χ4n) is 7.62. The molecule has 2 fully saturated rings. The number of nitrogens with zero attached hydrogens (tertiary/aromatic N) is 2. The van der Waals surface area contributed by atoms with E-state index in [1.54, 1.807) is 47.0 Å². The van der Waals surface area contributed by atoms with Gasteiger partial charge >= 0.3 is 11.9 Å². The van der Waals surface area contributed by atoms with Gasteiger partial charge in [0.25, 0.3) is 0 Å². The SMILES string of the molecule is CN(CC#CCCC(OC(=O)C(=O)OC(CCC#CCN(C)CCc1ccccc1)(c1ccccc1)C1SCCCS1)(c1ccccc1)C1SCCCS1)CCc1ccccc1. The van der Waals surface area contributed by atoms with Crippen molar-refractivity contribution in [1.82, 2.24) is 9.80 Å². The van der Waals surface area contributed by atoms with Gasteiger partial charge in [0.1, 0.15) is 0 Å². The first kappa shape index (κ1) is 47.7. The molecule has 0 saturated carbocycles. The van der Waals surface area contributed by atoms with Gasteiger partial charge in [-0.1, -0.05) is 133 Å². The van der Waals surface area contributed by atoms with Gasteiger partial charge in [-0.3, -0.25) is 9.80 Å². The predicted octanol–water partition coefficient (Wildman–Crippen LogP) is 10.2. The first-order chi connectivity index (χ1) is 30.4. The summed E-state index contributed by atoms with van der Waals surface area (Å²) in [5.41, 5.74) is 2.16. The van der Waals surface area contributed by atoms with Crippen molar-refractivity contribution in [3.8, 4) is 23.7 Å². The number of rotatable bonds is 18. The van der Waals surface area contributed by atoms with E-state index in [9.17, 15) is 9.59 Å². The molecule has 6 rings (SSSR count). The summed E-state index contributed by atoms with van der Waals surface area (Å²) < 4.78 is 13.1. The van der Waals surface area contributed by atoms with Crippen LogP contribution in [0, 0.1) is 23.7 Å². The van der Waals surface area contributed by atoms with Crippen LogP contribution in [0.5, 0.6) is 0 Å². The highest BCUT2D eigenvalue weighted by molar-refractivity contribution is 8.18. The van der Waals surface area contributed by atoms with Crippen molar-refractivity contribution >= 4 is 59.0 Å². The van der Waals surface area contributed by atoms with Crippen molar-refractivity contribution < 1.29 is 19.1 Å². The summed E-state index contributed by atoms with van der Waals surface area (Å²) in [5.74, 6) is 15.4. The maximum absolute atomic E-state index is 14.5. The molecule has 2 aliphatic heterocycles. The summed E-state index contributed by atoms with van der Waals surface area (Å²) in [4.78, 5) is 33.5. The summed E-state index contributed by atoms with van der Waals surface area (Å²) >= 11 is 7.18. The van der Waals surface area contributed by atoms with Crippen molar-refractivity contribution in [2.45, 2.75) is 71.7 Å². The lowest BCUT2D eigenvalue weighted by Crippen LogP contribution is -2.47. The minimum absolute atomic E-state index is 0.116. The van der Waals surface area contributed by atoms with Gasteiger partial charge in [0, 0.05) is 38.8 Å². The molecule has 2 aliphatic rings. The van der Waals surface area contributed by atoms with Gasteiger partial charge in [-0.05, 0) is 85.0 Å². The molecule has 6 nitrogen and oxygen atoms in total. The molecule has 0 amide bonds. The molecular formula is C52H60N2O4S4. The molecule has 0 radical (unpaired) electrons. The van der Waals surface area contributed by atoms with Crippen LogP contribution in [-0.4, -0.2) is 94.2 Å². The van der Waals surface area contributed by atoms with Crippen LogP contribution in [0.4, 0.5) is 0 Å². The predicted molar refractivity (Wildman–Crippen MR) is 264 cm³/mol. The zero-order chi connectivity index (χ0) is 43.3. The molecule has 0 bridgehead atoms. The smallest absolute Gasteiger partial charge is 0.418 e. The number of carbonyl (C=O) groups is 2. The van der Waals surface area contributed by atoms with Crippen molar-refractivity contribution in [3.05, 3.63) is 144 Å². The van der Waals surface area contributed by atoms with Gasteiger partial charge in [0.2, 0.25) is 0 Å². The lowest BCUT2D eigenvalue weighted by atomic mass is 9.89.